The van der Waals surface area contributed by atoms with Crippen LogP contribution in [0.2, 0.25) is 0 Å². The summed E-state index contributed by atoms with van der Waals surface area (Å²) in [6.07, 6.45) is 2.12. The Morgan fingerprint density at radius 3 is 2.85 bits per heavy atom. The van der Waals surface area contributed by atoms with E-state index in [4.69, 9.17) is 0 Å². The molecule has 2 aromatic rings. The van der Waals surface area contributed by atoms with Gasteiger partial charge in [-0.2, -0.15) is 0 Å². The predicted molar refractivity (Wildman–Crippen MR) is 82.7 cm³/mol. The topological polar surface area (TPSA) is 63.1 Å². The number of hydrogen-bond acceptors (Lipinski definition) is 5. The molecule has 0 saturated heterocycles. The van der Waals surface area contributed by atoms with Crippen LogP contribution in [-0.4, -0.2) is 26.8 Å². The second-order valence-corrected chi connectivity index (χ2v) is 6.33. The highest BCUT2D eigenvalue weighted by Gasteiger charge is 2.19. The van der Waals surface area contributed by atoms with Crippen LogP contribution in [0.3, 0.4) is 0 Å². The van der Waals surface area contributed by atoms with E-state index in [0.717, 1.165) is 23.5 Å². The van der Waals surface area contributed by atoms with Crippen molar-refractivity contribution in [1.29, 1.82) is 0 Å². The molecule has 0 spiro atoms. The lowest BCUT2D eigenvalue weighted by atomic mass is 10.2. The third kappa shape index (κ3) is 3.37. The van der Waals surface area contributed by atoms with Crippen LogP contribution < -0.4 is 0 Å². The first-order valence-corrected chi connectivity index (χ1v) is 8.28. The highest BCUT2D eigenvalue weighted by atomic mass is 32.2. The van der Waals surface area contributed by atoms with Crippen molar-refractivity contribution in [2.24, 2.45) is 0 Å². The molecule has 0 aliphatic rings. The van der Waals surface area contributed by atoms with Crippen molar-refractivity contribution >= 4 is 29.1 Å². The minimum atomic E-state index is -0.959. The summed E-state index contributed by atoms with van der Waals surface area (Å²) in [6, 6.07) is 3.88. The molecule has 106 valence electrons. The summed E-state index contributed by atoms with van der Waals surface area (Å²) < 4.78 is 0. The van der Waals surface area contributed by atoms with Crippen molar-refractivity contribution in [3.8, 4) is 10.7 Å². The Kier molecular flexibility index (Phi) is 5.14. The van der Waals surface area contributed by atoms with Crippen LogP contribution in [0.25, 0.3) is 10.7 Å². The second kappa shape index (κ2) is 6.85. The van der Waals surface area contributed by atoms with Crippen LogP contribution >= 0.6 is 23.1 Å². The Hall–Kier alpha value is -1.40. The molecular weight excluding hydrogens is 292 g/mol. The summed E-state index contributed by atoms with van der Waals surface area (Å²) >= 11 is 3.05. The summed E-state index contributed by atoms with van der Waals surface area (Å²) in [5.41, 5.74) is 0.751. The van der Waals surface area contributed by atoms with Gasteiger partial charge in [0.2, 0.25) is 0 Å². The van der Waals surface area contributed by atoms with Crippen LogP contribution in [0.4, 0.5) is 0 Å². The van der Waals surface area contributed by atoms with Crippen LogP contribution in [0.15, 0.2) is 22.5 Å². The fourth-order valence-corrected chi connectivity index (χ4v) is 3.54. The third-order valence-corrected chi connectivity index (χ3v) is 4.68. The minimum absolute atomic E-state index is 0.228. The Morgan fingerprint density at radius 2 is 2.25 bits per heavy atom. The monoisotopic (exact) mass is 308 g/mol. The second-order valence-electron chi connectivity index (χ2n) is 4.30. The molecule has 0 radical (unpaired) electrons. The van der Waals surface area contributed by atoms with Crippen molar-refractivity contribution in [2.45, 2.75) is 31.7 Å². The molecule has 0 atom stereocenters. The number of aromatic carboxylic acids is 1. The van der Waals surface area contributed by atoms with Gasteiger partial charge >= 0.3 is 5.97 Å². The number of hydrogen-bond donors (Lipinski definition) is 1. The number of nitrogens with zero attached hydrogens (tertiary/aromatic N) is 2. The van der Waals surface area contributed by atoms with Crippen LogP contribution in [0.1, 0.15) is 35.8 Å². The van der Waals surface area contributed by atoms with E-state index < -0.39 is 5.97 Å². The fraction of sp³-hybridized carbons (Fsp3) is 0.357. The molecular formula is C14H16N2O2S2. The average Bonchev–Trinajstić information content (AvgIpc) is 2.91. The van der Waals surface area contributed by atoms with Crippen LogP contribution in [-0.2, 0) is 0 Å². The number of carbonyl (C=O) groups is 1. The molecule has 0 aromatic carbocycles. The van der Waals surface area contributed by atoms with Gasteiger partial charge in [-0.25, -0.2) is 14.8 Å². The lowest BCUT2D eigenvalue weighted by molar-refractivity contribution is 0.0691. The van der Waals surface area contributed by atoms with Crippen molar-refractivity contribution < 1.29 is 9.90 Å². The first-order valence-electron chi connectivity index (χ1n) is 6.42. The van der Waals surface area contributed by atoms with Gasteiger partial charge in [0.05, 0.1) is 10.6 Å². The number of aromatic nitrogens is 2. The summed E-state index contributed by atoms with van der Waals surface area (Å²) in [4.78, 5) is 21.1. The zero-order chi connectivity index (χ0) is 14.5. The maximum absolute atomic E-state index is 11.4. The molecule has 0 amide bonds. The van der Waals surface area contributed by atoms with Gasteiger partial charge in [0.25, 0.3) is 0 Å². The number of thiophene rings is 1. The molecule has 1 N–H and O–H groups in total. The standard InChI is InChI=1S/C14H16N2O2S2/c1-3-4-7-20-13-11(14(17)18)9(2)15-12(16-13)10-6-5-8-19-10/h5-6,8H,3-4,7H2,1-2H3,(H,17,18). The number of aryl methyl sites for hydroxylation is 1. The summed E-state index contributed by atoms with van der Waals surface area (Å²) in [6.45, 7) is 3.84. The summed E-state index contributed by atoms with van der Waals surface area (Å²) in [5, 5.41) is 11.9. The molecule has 0 aliphatic heterocycles. The van der Waals surface area contributed by atoms with Crippen molar-refractivity contribution in [1.82, 2.24) is 9.97 Å². The maximum Gasteiger partial charge on any atom is 0.340 e. The average molecular weight is 308 g/mol. The number of carboxylic acid groups (broad SMARTS) is 1. The van der Waals surface area contributed by atoms with E-state index in [2.05, 4.69) is 16.9 Å². The third-order valence-electron chi connectivity index (χ3n) is 2.75. The van der Waals surface area contributed by atoms with E-state index in [0.29, 0.717) is 16.5 Å². The van der Waals surface area contributed by atoms with E-state index in [1.54, 1.807) is 18.3 Å². The Bertz CT molecular complexity index is 597. The van der Waals surface area contributed by atoms with E-state index in [-0.39, 0.29) is 5.56 Å². The summed E-state index contributed by atoms with van der Waals surface area (Å²) in [7, 11) is 0. The van der Waals surface area contributed by atoms with Gasteiger partial charge in [-0.15, -0.1) is 23.1 Å². The van der Waals surface area contributed by atoms with Gasteiger partial charge in [0.1, 0.15) is 10.6 Å². The first-order chi connectivity index (χ1) is 9.63. The van der Waals surface area contributed by atoms with Gasteiger partial charge in [-0.05, 0) is 30.5 Å². The number of carboxylic acids is 1. The molecule has 20 heavy (non-hydrogen) atoms. The van der Waals surface area contributed by atoms with Crippen molar-refractivity contribution in [2.75, 3.05) is 5.75 Å². The van der Waals surface area contributed by atoms with Gasteiger partial charge in [-0.1, -0.05) is 19.4 Å². The maximum atomic E-state index is 11.4. The van der Waals surface area contributed by atoms with Crippen molar-refractivity contribution in [3.63, 3.8) is 0 Å². The molecule has 2 aromatic heterocycles. The van der Waals surface area contributed by atoms with E-state index in [1.807, 2.05) is 17.5 Å². The molecule has 4 nitrogen and oxygen atoms in total. The van der Waals surface area contributed by atoms with Crippen LogP contribution in [0.5, 0.6) is 0 Å². The predicted octanol–water partition coefficient (Wildman–Crippen LogP) is 4.10. The Balaban J connectivity index is 2.41. The molecule has 0 unspecified atom stereocenters. The lowest BCUT2D eigenvalue weighted by Gasteiger charge is -2.09. The van der Waals surface area contributed by atoms with E-state index in [1.165, 1.54) is 11.8 Å². The highest BCUT2D eigenvalue weighted by Crippen LogP contribution is 2.28. The Morgan fingerprint density at radius 1 is 1.45 bits per heavy atom. The SMILES string of the molecule is CCCCSc1nc(-c2cccs2)nc(C)c1C(=O)O. The highest BCUT2D eigenvalue weighted by molar-refractivity contribution is 7.99. The molecule has 0 aliphatic carbocycles. The fourth-order valence-electron chi connectivity index (χ4n) is 1.73. The van der Waals surface area contributed by atoms with Crippen molar-refractivity contribution in [3.05, 3.63) is 28.8 Å². The minimum Gasteiger partial charge on any atom is -0.478 e. The quantitative estimate of drug-likeness (QED) is 0.494. The lowest BCUT2D eigenvalue weighted by Crippen LogP contribution is -2.08. The number of unbranched alkanes of at least 4 members (excludes halogenated alkanes) is 1. The number of rotatable bonds is 6. The molecule has 2 heterocycles. The van der Waals surface area contributed by atoms with Gasteiger partial charge in [-0.3, -0.25) is 0 Å². The van der Waals surface area contributed by atoms with Crippen LogP contribution in [0, 0.1) is 6.92 Å². The molecule has 0 bridgehead atoms. The largest absolute Gasteiger partial charge is 0.478 e. The normalized spacial score (nSPS) is 10.7. The van der Waals surface area contributed by atoms with Gasteiger partial charge in [0.15, 0.2) is 5.82 Å². The first kappa shape index (κ1) is 15.0. The molecule has 6 heteroatoms. The van der Waals surface area contributed by atoms with Gasteiger partial charge < -0.3 is 5.11 Å². The van der Waals surface area contributed by atoms with E-state index in [9.17, 15) is 9.90 Å². The molecule has 0 fully saturated rings. The zero-order valence-electron chi connectivity index (χ0n) is 11.4. The number of thioether (sulfide) groups is 1. The smallest absolute Gasteiger partial charge is 0.340 e. The zero-order valence-corrected chi connectivity index (χ0v) is 13.1. The van der Waals surface area contributed by atoms with Gasteiger partial charge in [0, 0.05) is 0 Å². The Labute approximate surface area is 126 Å². The molecule has 0 saturated carbocycles. The van der Waals surface area contributed by atoms with E-state index >= 15 is 0 Å². The summed E-state index contributed by atoms with van der Waals surface area (Å²) in [5.74, 6) is 0.526. The molecule has 2 rings (SSSR count).